The molecule has 1 heterocycles. The molecule has 1 atom stereocenters. The summed E-state index contributed by atoms with van der Waals surface area (Å²) in [5.41, 5.74) is 1.72. The van der Waals surface area contributed by atoms with Crippen LogP contribution in [0.5, 0.6) is 0 Å². The van der Waals surface area contributed by atoms with Gasteiger partial charge in [0.15, 0.2) is 9.84 Å². The fourth-order valence-electron chi connectivity index (χ4n) is 2.82. The number of nitrogens with one attached hydrogen (secondary N) is 1. The van der Waals surface area contributed by atoms with Crippen molar-refractivity contribution in [2.45, 2.75) is 17.1 Å². The van der Waals surface area contributed by atoms with Crippen LogP contribution in [0.2, 0.25) is 5.02 Å². The molecule has 0 radical (unpaired) electrons. The first-order chi connectivity index (χ1) is 12.4. The second-order valence-corrected chi connectivity index (χ2v) is 10.1. The van der Waals surface area contributed by atoms with Gasteiger partial charge in [-0.3, -0.25) is 4.79 Å². The molecule has 0 aromatic heterocycles. The highest BCUT2D eigenvalue weighted by molar-refractivity contribution is 7.98. The lowest BCUT2D eigenvalue weighted by Crippen LogP contribution is -2.29. The van der Waals surface area contributed by atoms with Crippen molar-refractivity contribution < 1.29 is 13.2 Å². The summed E-state index contributed by atoms with van der Waals surface area (Å²) in [4.78, 5) is 13.3. The number of amides is 1. The van der Waals surface area contributed by atoms with Gasteiger partial charge in [-0.2, -0.15) is 0 Å². The normalized spacial score (nSPS) is 18.6. The van der Waals surface area contributed by atoms with Gasteiger partial charge in [0.25, 0.3) is 5.91 Å². The fraction of sp³-hybridized carbons (Fsp3) is 0.316. The van der Waals surface area contributed by atoms with Gasteiger partial charge in [0.05, 0.1) is 11.5 Å². The van der Waals surface area contributed by atoms with Gasteiger partial charge in [-0.05, 0) is 54.3 Å². The molecular formula is C19H20ClNO3S2. The van der Waals surface area contributed by atoms with Crippen LogP contribution < -0.4 is 5.32 Å². The number of rotatable bonds is 6. The third-order valence-corrected chi connectivity index (χ3v) is 7.49. The first kappa shape index (κ1) is 19.3. The third kappa shape index (κ3) is 5.50. The maximum Gasteiger partial charge on any atom is 0.251 e. The van der Waals surface area contributed by atoms with Gasteiger partial charge < -0.3 is 5.32 Å². The largest absolute Gasteiger partial charge is 0.352 e. The van der Waals surface area contributed by atoms with E-state index in [4.69, 9.17) is 11.6 Å². The highest BCUT2D eigenvalue weighted by atomic mass is 35.5. The summed E-state index contributed by atoms with van der Waals surface area (Å²) in [7, 11) is -2.91. The predicted molar refractivity (Wildman–Crippen MR) is 107 cm³/mol. The molecule has 4 nitrogen and oxygen atoms in total. The minimum absolute atomic E-state index is 0.0269. The molecule has 1 amide bonds. The van der Waals surface area contributed by atoms with Gasteiger partial charge >= 0.3 is 0 Å². The van der Waals surface area contributed by atoms with Gasteiger partial charge in [-0.1, -0.05) is 23.7 Å². The quantitative estimate of drug-likeness (QED) is 0.737. The van der Waals surface area contributed by atoms with Gasteiger partial charge in [0.2, 0.25) is 0 Å². The number of carbonyl (C=O) groups excluding carboxylic acids is 1. The van der Waals surface area contributed by atoms with Crippen molar-refractivity contribution in [2.24, 2.45) is 5.92 Å². The van der Waals surface area contributed by atoms with Crippen LogP contribution in [-0.4, -0.2) is 32.4 Å². The number of sulfone groups is 1. The van der Waals surface area contributed by atoms with E-state index in [0.29, 0.717) is 18.5 Å². The maximum absolute atomic E-state index is 12.2. The predicted octanol–water partition coefficient (Wildman–Crippen LogP) is 3.80. The monoisotopic (exact) mass is 409 g/mol. The Hall–Kier alpha value is -1.50. The van der Waals surface area contributed by atoms with Crippen LogP contribution in [0.15, 0.2) is 53.4 Å². The molecule has 26 heavy (non-hydrogen) atoms. The van der Waals surface area contributed by atoms with E-state index in [1.807, 2.05) is 36.4 Å². The second kappa shape index (κ2) is 8.46. The Morgan fingerprint density at radius 3 is 2.42 bits per heavy atom. The van der Waals surface area contributed by atoms with Crippen molar-refractivity contribution in [1.82, 2.24) is 5.32 Å². The molecule has 1 fully saturated rings. The van der Waals surface area contributed by atoms with Crippen molar-refractivity contribution in [2.75, 3.05) is 18.1 Å². The molecule has 1 unspecified atom stereocenters. The Bertz CT molecular complexity index is 865. The number of carbonyl (C=O) groups is 1. The van der Waals surface area contributed by atoms with E-state index < -0.39 is 9.84 Å². The Morgan fingerprint density at radius 2 is 1.81 bits per heavy atom. The molecule has 3 rings (SSSR count). The topological polar surface area (TPSA) is 63.2 Å². The molecule has 1 N–H and O–H groups in total. The molecule has 138 valence electrons. The number of benzene rings is 2. The zero-order valence-corrected chi connectivity index (χ0v) is 16.5. The Balaban J connectivity index is 1.48. The number of thioether (sulfide) groups is 1. The van der Waals surface area contributed by atoms with Crippen molar-refractivity contribution >= 4 is 39.1 Å². The summed E-state index contributed by atoms with van der Waals surface area (Å²) < 4.78 is 22.9. The van der Waals surface area contributed by atoms with Crippen molar-refractivity contribution in [1.29, 1.82) is 0 Å². The molecule has 7 heteroatoms. The minimum Gasteiger partial charge on any atom is -0.352 e. The smallest absolute Gasteiger partial charge is 0.251 e. The standard InChI is InChI=1S/C19H20ClNO3S2/c20-17-5-7-18(8-6-17)25-12-14-1-3-16(4-2-14)19(22)21-11-15-9-10-26(23,24)13-15/h1-8,15H,9-13H2,(H,21,22). The molecule has 1 aliphatic rings. The lowest BCUT2D eigenvalue weighted by atomic mass is 10.1. The van der Waals surface area contributed by atoms with E-state index in [-0.39, 0.29) is 23.3 Å². The van der Waals surface area contributed by atoms with Crippen molar-refractivity contribution in [3.63, 3.8) is 0 Å². The lowest BCUT2D eigenvalue weighted by Gasteiger charge is -2.10. The molecule has 0 saturated carbocycles. The first-order valence-corrected chi connectivity index (χ1v) is 11.6. The van der Waals surface area contributed by atoms with Crippen LogP contribution in [0.25, 0.3) is 0 Å². The van der Waals surface area contributed by atoms with E-state index >= 15 is 0 Å². The van der Waals surface area contributed by atoms with Crippen molar-refractivity contribution in [3.8, 4) is 0 Å². The highest BCUT2D eigenvalue weighted by Gasteiger charge is 2.27. The summed E-state index contributed by atoms with van der Waals surface area (Å²) in [5, 5.41) is 3.56. The average molecular weight is 410 g/mol. The molecule has 0 spiro atoms. The molecule has 2 aromatic rings. The Kier molecular flexibility index (Phi) is 6.27. The maximum atomic E-state index is 12.2. The van der Waals surface area contributed by atoms with E-state index in [9.17, 15) is 13.2 Å². The number of hydrogen-bond donors (Lipinski definition) is 1. The summed E-state index contributed by atoms with van der Waals surface area (Å²) in [6.45, 7) is 0.409. The summed E-state index contributed by atoms with van der Waals surface area (Å²) in [5.74, 6) is 1.08. The Labute approximate surface area is 163 Å². The molecule has 0 aliphatic carbocycles. The van der Waals surface area contributed by atoms with Gasteiger partial charge in [0.1, 0.15) is 0 Å². The number of halogens is 1. The van der Waals surface area contributed by atoms with E-state index in [1.54, 1.807) is 23.9 Å². The SMILES string of the molecule is O=C(NCC1CCS(=O)(=O)C1)c1ccc(CSc2ccc(Cl)cc2)cc1. The summed E-state index contributed by atoms with van der Waals surface area (Å²) in [6.07, 6.45) is 0.628. The van der Waals surface area contributed by atoms with Crippen LogP contribution in [0.4, 0.5) is 0 Å². The molecule has 2 aromatic carbocycles. The first-order valence-electron chi connectivity index (χ1n) is 8.37. The third-order valence-electron chi connectivity index (χ3n) is 4.31. The number of hydrogen-bond acceptors (Lipinski definition) is 4. The van der Waals surface area contributed by atoms with E-state index in [2.05, 4.69) is 5.32 Å². The average Bonchev–Trinajstić information content (AvgIpc) is 2.98. The summed E-state index contributed by atoms with van der Waals surface area (Å²) in [6, 6.07) is 15.2. The van der Waals surface area contributed by atoms with Gasteiger partial charge in [0, 0.05) is 27.8 Å². The summed E-state index contributed by atoms with van der Waals surface area (Å²) >= 11 is 7.59. The molecule has 0 bridgehead atoms. The minimum atomic E-state index is -2.91. The zero-order chi connectivity index (χ0) is 18.6. The highest BCUT2D eigenvalue weighted by Crippen LogP contribution is 2.24. The second-order valence-electron chi connectivity index (χ2n) is 6.42. The molecular weight excluding hydrogens is 390 g/mol. The van der Waals surface area contributed by atoms with Crippen LogP contribution in [0.1, 0.15) is 22.3 Å². The van der Waals surface area contributed by atoms with Crippen LogP contribution >= 0.6 is 23.4 Å². The van der Waals surface area contributed by atoms with Crippen LogP contribution in [0, 0.1) is 5.92 Å². The lowest BCUT2D eigenvalue weighted by molar-refractivity contribution is 0.0948. The van der Waals surface area contributed by atoms with E-state index in [1.165, 1.54) is 0 Å². The van der Waals surface area contributed by atoms with Gasteiger partial charge in [-0.15, -0.1) is 11.8 Å². The zero-order valence-electron chi connectivity index (χ0n) is 14.2. The van der Waals surface area contributed by atoms with Crippen molar-refractivity contribution in [3.05, 3.63) is 64.7 Å². The van der Waals surface area contributed by atoms with Crippen LogP contribution in [-0.2, 0) is 15.6 Å². The van der Waals surface area contributed by atoms with Gasteiger partial charge in [-0.25, -0.2) is 8.42 Å². The van der Waals surface area contributed by atoms with E-state index in [0.717, 1.165) is 21.2 Å². The fourth-order valence-corrected chi connectivity index (χ4v) is 5.66. The molecule has 1 aliphatic heterocycles. The Morgan fingerprint density at radius 1 is 1.12 bits per heavy atom. The van der Waals surface area contributed by atoms with Crippen LogP contribution in [0.3, 0.4) is 0 Å². The molecule has 1 saturated heterocycles.